The van der Waals surface area contributed by atoms with E-state index in [1.165, 1.54) is 13.2 Å². The number of phenols is 1. The van der Waals surface area contributed by atoms with Gasteiger partial charge in [0.05, 0.1) is 12.7 Å². The van der Waals surface area contributed by atoms with Crippen molar-refractivity contribution in [3.8, 4) is 11.5 Å². The van der Waals surface area contributed by atoms with Crippen LogP contribution in [-0.4, -0.2) is 24.5 Å². The molecule has 0 amide bonds. The summed E-state index contributed by atoms with van der Waals surface area (Å²) in [6.07, 6.45) is 0.250. The monoisotopic (exact) mass is 195 g/mol. The van der Waals surface area contributed by atoms with Gasteiger partial charge in [0.25, 0.3) is 0 Å². The Hall–Kier alpha value is -1.55. The lowest BCUT2D eigenvalue weighted by atomic mass is 10.1. The highest BCUT2D eigenvalue weighted by molar-refractivity contribution is 5.99. The molecule has 0 aromatic heterocycles. The molecule has 0 saturated carbocycles. The van der Waals surface area contributed by atoms with Crippen LogP contribution in [0.2, 0.25) is 0 Å². The Morgan fingerprint density at radius 2 is 2.29 bits per heavy atom. The lowest BCUT2D eigenvalue weighted by Gasteiger charge is -2.08. The highest BCUT2D eigenvalue weighted by Gasteiger charge is 2.13. The van der Waals surface area contributed by atoms with Crippen LogP contribution in [0.5, 0.6) is 11.5 Å². The van der Waals surface area contributed by atoms with E-state index in [2.05, 4.69) is 0 Å². The number of hydrogen-bond acceptors (Lipinski definition) is 4. The number of phenolic OH excluding ortho intramolecular Hbond substituents is 1. The number of aromatic hydroxyl groups is 1. The molecule has 3 N–H and O–H groups in total. The summed E-state index contributed by atoms with van der Waals surface area (Å²) < 4.78 is 4.93. The van der Waals surface area contributed by atoms with Crippen molar-refractivity contribution in [3.05, 3.63) is 23.8 Å². The van der Waals surface area contributed by atoms with Crippen LogP contribution in [0, 0.1) is 0 Å². The smallest absolute Gasteiger partial charge is 0.171 e. The minimum atomic E-state index is -0.125. The molecular formula is C10H13NO3. The van der Waals surface area contributed by atoms with Crippen LogP contribution in [-0.2, 0) is 0 Å². The van der Waals surface area contributed by atoms with Gasteiger partial charge in [-0.3, -0.25) is 4.79 Å². The zero-order valence-corrected chi connectivity index (χ0v) is 7.99. The van der Waals surface area contributed by atoms with Gasteiger partial charge in [0.2, 0.25) is 0 Å². The van der Waals surface area contributed by atoms with Gasteiger partial charge in [-0.2, -0.15) is 0 Å². The lowest BCUT2D eigenvalue weighted by molar-refractivity contribution is 0.0982. The molecule has 4 heteroatoms. The summed E-state index contributed by atoms with van der Waals surface area (Å²) in [7, 11) is 1.41. The molecule has 0 aliphatic carbocycles. The van der Waals surface area contributed by atoms with E-state index in [0.717, 1.165) is 0 Å². The first-order valence-electron chi connectivity index (χ1n) is 4.30. The second-order valence-electron chi connectivity index (χ2n) is 2.82. The second-order valence-corrected chi connectivity index (χ2v) is 2.82. The van der Waals surface area contributed by atoms with Crippen LogP contribution in [0.4, 0.5) is 0 Å². The molecule has 1 rings (SSSR count). The maximum Gasteiger partial charge on any atom is 0.171 e. The van der Waals surface area contributed by atoms with Crippen LogP contribution in [0.3, 0.4) is 0 Å². The quantitative estimate of drug-likeness (QED) is 0.701. The van der Waals surface area contributed by atoms with Gasteiger partial charge in [0, 0.05) is 6.42 Å². The van der Waals surface area contributed by atoms with E-state index in [9.17, 15) is 9.90 Å². The molecule has 4 nitrogen and oxygen atoms in total. The highest BCUT2D eigenvalue weighted by Crippen LogP contribution is 2.30. The summed E-state index contributed by atoms with van der Waals surface area (Å²) in [5.41, 5.74) is 5.65. The fourth-order valence-corrected chi connectivity index (χ4v) is 1.22. The number of carbonyl (C=O) groups excluding carboxylic acids is 1. The molecule has 0 saturated heterocycles. The SMILES string of the molecule is COc1c(O)cccc1C(=O)CCN. The van der Waals surface area contributed by atoms with Crippen LogP contribution in [0.1, 0.15) is 16.8 Å². The number of rotatable bonds is 4. The summed E-state index contributed by atoms with van der Waals surface area (Å²) in [6.45, 7) is 0.289. The molecule has 1 aromatic rings. The number of nitrogens with two attached hydrogens (primary N) is 1. The molecule has 0 unspecified atom stereocenters. The van der Waals surface area contributed by atoms with Crippen molar-refractivity contribution in [1.82, 2.24) is 0 Å². The van der Waals surface area contributed by atoms with Crippen LogP contribution in [0.15, 0.2) is 18.2 Å². The van der Waals surface area contributed by atoms with Crippen molar-refractivity contribution in [1.29, 1.82) is 0 Å². The number of methoxy groups -OCH3 is 1. The standard InChI is InChI=1S/C10H13NO3/c1-14-10-7(8(12)5-6-11)3-2-4-9(10)13/h2-4,13H,5-6,11H2,1H3. The first-order valence-corrected chi connectivity index (χ1v) is 4.30. The average Bonchev–Trinajstić information content (AvgIpc) is 2.17. The van der Waals surface area contributed by atoms with Gasteiger partial charge >= 0.3 is 0 Å². The van der Waals surface area contributed by atoms with Crippen molar-refractivity contribution in [3.63, 3.8) is 0 Å². The zero-order chi connectivity index (χ0) is 10.6. The Balaban J connectivity index is 3.07. The number of ether oxygens (including phenoxy) is 1. The minimum absolute atomic E-state index is 0.0321. The molecule has 14 heavy (non-hydrogen) atoms. The molecule has 0 fully saturated rings. The first-order chi connectivity index (χ1) is 6.70. The Morgan fingerprint density at radius 1 is 1.57 bits per heavy atom. The average molecular weight is 195 g/mol. The van der Waals surface area contributed by atoms with Gasteiger partial charge < -0.3 is 15.6 Å². The Kier molecular flexibility index (Phi) is 3.48. The lowest BCUT2D eigenvalue weighted by Crippen LogP contribution is -2.09. The van der Waals surface area contributed by atoms with Crippen LogP contribution in [0.25, 0.3) is 0 Å². The third-order valence-electron chi connectivity index (χ3n) is 1.87. The third-order valence-corrected chi connectivity index (χ3v) is 1.87. The topological polar surface area (TPSA) is 72.5 Å². The van der Waals surface area contributed by atoms with Crippen molar-refractivity contribution < 1.29 is 14.6 Å². The van der Waals surface area contributed by atoms with E-state index in [0.29, 0.717) is 5.56 Å². The van der Waals surface area contributed by atoms with Crippen molar-refractivity contribution >= 4 is 5.78 Å². The van der Waals surface area contributed by atoms with Gasteiger partial charge in [-0.1, -0.05) is 6.07 Å². The first kappa shape index (κ1) is 10.5. The molecule has 0 aliphatic heterocycles. The fraction of sp³-hybridized carbons (Fsp3) is 0.300. The predicted octanol–water partition coefficient (Wildman–Crippen LogP) is 0.932. The maximum absolute atomic E-state index is 11.5. The number of Topliss-reactive ketones (excluding diaryl/α,β-unsaturated/α-hetero) is 1. The maximum atomic E-state index is 11.5. The normalized spacial score (nSPS) is 9.86. The van der Waals surface area contributed by atoms with E-state index < -0.39 is 0 Å². The molecule has 1 aromatic carbocycles. The number of ketones is 1. The van der Waals surface area contributed by atoms with E-state index in [1.807, 2.05) is 0 Å². The Labute approximate surface area is 82.3 Å². The Bertz CT molecular complexity index is 336. The zero-order valence-electron chi connectivity index (χ0n) is 7.99. The predicted molar refractivity (Wildman–Crippen MR) is 52.7 cm³/mol. The van der Waals surface area contributed by atoms with Crippen LogP contribution >= 0.6 is 0 Å². The number of hydrogen-bond donors (Lipinski definition) is 2. The molecular weight excluding hydrogens is 182 g/mol. The van der Waals surface area contributed by atoms with Crippen molar-refractivity contribution in [2.45, 2.75) is 6.42 Å². The largest absolute Gasteiger partial charge is 0.504 e. The molecule has 76 valence electrons. The number of para-hydroxylation sites is 1. The van der Waals surface area contributed by atoms with Crippen LogP contribution < -0.4 is 10.5 Å². The van der Waals surface area contributed by atoms with E-state index in [-0.39, 0.29) is 30.2 Å². The summed E-state index contributed by atoms with van der Waals surface area (Å²) in [5, 5.41) is 9.40. The second kappa shape index (κ2) is 4.62. The summed E-state index contributed by atoms with van der Waals surface area (Å²) in [6, 6.07) is 4.68. The highest BCUT2D eigenvalue weighted by atomic mass is 16.5. The number of carbonyl (C=O) groups is 1. The fourth-order valence-electron chi connectivity index (χ4n) is 1.22. The van der Waals surface area contributed by atoms with Crippen molar-refractivity contribution in [2.24, 2.45) is 5.73 Å². The molecule has 0 atom stereocenters. The molecule has 0 spiro atoms. The summed E-state index contributed by atoms with van der Waals surface area (Å²) in [5.74, 6) is 0.0570. The number of benzene rings is 1. The van der Waals surface area contributed by atoms with Crippen molar-refractivity contribution in [2.75, 3.05) is 13.7 Å². The Morgan fingerprint density at radius 3 is 2.86 bits per heavy atom. The van der Waals surface area contributed by atoms with E-state index in [4.69, 9.17) is 10.5 Å². The van der Waals surface area contributed by atoms with Gasteiger partial charge in [0.1, 0.15) is 0 Å². The van der Waals surface area contributed by atoms with Gasteiger partial charge in [-0.15, -0.1) is 0 Å². The van der Waals surface area contributed by atoms with Gasteiger partial charge in [-0.05, 0) is 18.7 Å². The molecule has 0 radical (unpaired) electrons. The van der Waals surface area contributed by atoms with E-state index in [1.54, 1.807) is 12.1 Å². The van der Waals surface area contributed by atoms with E-state index >= 15 is 0 Å². The molecule has 0 heterocycles. The van der Waals surface area contributed by atoms with Gasteiger partial charge in [-0.25, -0.2) is 0 Å². The summed E-state index contributed by atoms with van der Waals surface area (Å²) >= 11 is 0. The molecule has 0 aliphatic rings. The van der Waals surface area contributed by atoms with Gasteiger partial charge in [0.15, 0.2) is 17.3 Å². The minimum Gasteiger partial charge on any atom is -0.504 e. The third kappa shape index (κ3) is 2.03. The molecule has 0 bridgehead atoms. The summed E-state index contributed by atoms with van der Waals surface area (Å²) in [4.78, 5) is 11.5.